The molecule has 0 spiro atoms. The van der Waals surface area contributed by atoms with Crippen molar-refractivity contribution in [1.29, 1.82) is 0 Å². The van der Waals surface area contributed by atoms with Crippen LogP contribution in [0.15, 0.2) is 28.8 Å². The van der Waals surface area contributed by atoms with Crippen LogP contribution < -0.4 is 5.73 Å². The first-order valence-corrected chi connectivity index (χ1v) is 7.13. The van der Waals surface area contributed by atoms with Crippen molar-refractivity contribution in [3.05, 3.63) is 47.4 Å². The second-order valence-corrected chi connectivity index (χ2v) is 6.64. The SMILES string of the molecule is CC(C)(C)CC(N)Cc1nc(Cc2cccc(F)c2)no1. The van der Waals surface area contributed by atoms with Crippen molar-refractivity contribution in [1.82, 2.24) is 10.1 Å². The first-order valence-electron chi connectivity index (χ1n) is 7.13. The highest BCUT2D eigenvalue weighted by atomic mass is 19.1. The fourth-order valence-corrected chi connectivity index (χ4v) is 2.36. The van der Waals surface area contributed by atoms with Gasteiger partial charge in [-0.2, -0.15) is 4.98 Å². The third-order valence-electron chi connectivity index (χ3n) is 3.07. The molecule has 2 rings (SSSR count). The van der Waals surface area contributed by atoms with Crippen molar-refractivity contribution in [2.45, 2.75) is 46.1 Å². The van der Waals surface area contributed by atoms with E-state index < -0.39 is 0 Å². The van der Waals surface area contributed by atoms with E-state index >= 15 is 0 Å². The normalized spacial score (nSPS) is 13.4. The average Bonchev–Trinajstić information content (AvgIpc) is 2.73. The molecular weight excluding hydrogens is 269 g/mol. The summed E-state index contributed by atoms with van der Waals surface area (Å²) in [5.41, 5.74) is 7.09. The van der Waals surface area contributed by atoms with Crippen molar-refractivity contribution in [3.63, 3.8) is 0 Å². The Morgan fingerprint density at radius 2 is 2.10 bits per heavy atom. The number of nitrogens with zero attached hydrogens (tertiary/aromatic N) is 2. The zero-order valence-electron chi connectivity index (χ0n) is 12.8. The summed E-state index contributed by atoms with van der Waals surface area (Å²) < 4.78 is 18.3. The fraction of sp³-hybridized carbons (Fsp3) is 0.500. The van der Waals surface area contributed by atoms with Gasteiger partial charge in [-0.1, -0.05) is 38.1 Å². The Bertz CT molecular complexity index is 589. The molecule has 2 aromatic rings. The molecule has 1 atom stereocenters. The Kier molecular flexibility index (Phi) is 4.73. The molecule has 5 heteroatoms. The van der Waals surface area contributed by atoms with Crippen molar-refractivity contribution in [3.8, 4) is 0 Å². The lowest BCUT2D eigenvalue weighted by molar-refractivity contribution is 0.312. The Morgan fingerprint density at radius 3 is 2.76 bits per heavy atom. The first kappa shape index (κ1) is 15.6. The van der Waals surface area contributed by atoms with Crippen LogP contribution in [-0.4, -0.2) is 16.2 Å². The monoisotopic (exact) mass is 291 g/mol. The van der Waals surface area contributed by atoms with Crippen molar-refractivity contribution in [2.24, 2.45) is 11.1 Å². The van der Waals surface area contributed by atoms with E-state index in [4.69, 9.17) is 10.3 Å². The highest BCUT2D eigenvalue weighted by Crippen LogP contribution is 2.21. The van der Waals surface area contributed by atoms with Crippen LogP contribution in [-0.2, 0) is 12.8 Å². The quantitative estimate of drug-likeness (QED) is 0.919. The lowest BCUT2D eigenvalue weighted by atomic mass is 9.87. The van der Waals surface area contributed by atoms with Crippen molar-refractivity contribution in [2.75, 3.05) is 0 Å². The van der Waals surface area contributed by atoms with Crippen LogP contribution >= 0.6 is 0 Å². The lowest BCUT2D eigenvalue weighted by Crippen LogP contribution is -2.28. The van der Waals surface area contributed by atoms with Gasteiger partial charge in [-0.25, -0.2) is 4.39 Å². The van der Waals surface area contributed by atoms with E-state index in [2.05, 4.69) is 30.9 Å². The summed E-state index contributed by atoms with van der Waals surface area (Å²) in [6.45, 7) is 6.45. The highest BCUT2D eigenvalue weighted by molar-refractivity contribution is 5.19. The molecule has 1 unspecified atom stereocenters. The molecule has 1 aromatic heterocycles. The molecule has 0 bridgehead atoms. The standard InChI is InChI=1S/C16H22FN3O/c1-16(2,3)10-13(18)9-15-19-14(20-21-15)8-11-5-4-6-12(17)7-11/h4-7,13H,8-10,18H2,1-3H3. The number of aromatic nitrogens is 2. The number of hydrogen-bond acceptors (Lipinski definition) is 4. The molecule has 0 fully saturated rings. The molecule has 0 radical (unpaired) electrons. The highest BCUT2D eigenvalue weighted by Gasteiger charge is 2.18. The van der Waals surface area contributed by atoms with E-state index in [9.17, 15) is 4.39 Å². The largest absolute Gasteiger partial charge is 0.339 e. The second-order valence-electron chi connectivity index (χ2n) is 6.64. The number of benzene rings is 1. The fourth-order valence-electron chi connectivity index (χ4n) is 2.36. The molecule has 21 heavy (non-hydrogen) atoms. The molecule has 0 saturated carbocycles. The number of hydrogen-bond donors (Lipinski definition) is 1. The van der Waals surface area contributed by atoms with Crippen molar-refractivity contribution < 1.29 is 8.91 Å². The van der Waals surface area contributed by atoms with Gasteiger partial charge in [0.2, 0.25) is 5.89 Å². The Hall–Kier alpha value is -1.75. The number of halogens is 1. The van der Waals surface area contributed by atoms with Gasteiger partial charge in [-0.15, -0.1) is 0 Å². The summed E-state index contributed by atoms with van der Waals surface area (Å²) in [5.74, 6) is 0.833. The van der Waals surface area contributed by atoms with Crippen LogP contribution in [0, 0.1) is 11.2 Å². The zero-order valence-corrected chi connectivity index (χ0v) is 12.8. The third kappa shape index (κ3) is 5.27. The number of rotatable bonds is 5. The van der Waals surface area contributed by atoms with E-state index in [0.29, 0.717) is 24.6 Å². The topological polar surface area (TPSA) is 64.9 Å². The maximum absolute atomic E-state index is 13.1. The molecule has 0 aliphatic heterocycles. The second kappa shape index (κ2) is 6.35. The van der Waals surface area contributed by atoms with Gasteiger partial charge < -0.3 is 10.3 Å². The van der Waals surface area contributed by atoms with Gasteiger partial charge in [0.1, 0.15) is 5.82 Å². The summed E-state index contributed by atoms with van der Waals surface area (Å²) in [5, 5.41) is 3.93. The predicted molar refractivity (Wildman–Crippen MR) is 79.3 cm³/mol. The summed E-state index contributed by atoms with van der Waals surface area (Å²) in [7, 11) is 0. The molecule has 1 aromatic carbocycles. The van der Waals surface area contributed by atoms with Gasteiger partial charge in [-0.05, 0) is 29.5 Å². The molecule has 2 N–H and O–H groups in total. The molecule has 114 valence electrons. The summed E-state index contributed by atoms with van der Waals surface area (Å²) in [6.07, 6.45) is 1.90. The van der Waals surface area contributed by atoms with E-state index in [-0.39, 0.29) is 17.3 Å². The van der Waals surface area contributed by atoms with Gasteiger partial charge in [0.05, 0.1) is 0 Å². The van der Waals surface area contributed by atoms with E-state index in [0.717, 1.165) is 12.0 Å². The number of nitrogens with two attached hydrogens (primary N) is 1. The van der Waals surface area contributed by atoms with Crippen LogP contribution in [0.3, 0.4) is 0 Å². The maximum Gasteiger partial charge on any atom is 0.228 e. The minimum absolute atomic E-state index is 0.00697. The molecule has 0 aliphatic rings. The summed E-state index contributed by atoms with van der Waals surface area (Å²) >= 11 is 0. The molecule has 4 nitrogen and oxygen atoms in total. The maximum atomic E-state index is 13.1. The Labute approximate surface area is 124 Å². The van der Waals surface area contributed by atoms with Gasteiger partial charge in [0.25, 0.3) is 0 Å². The van der Waals surface area contributed by atoms with E-state index in [1.165, 1.54) is 12.1 Å². The molecule has 0 aliphatic carbocycles. The van der Waals surface area contributed by atoms with Crippen LogP contribution in [0.4, 0.5) is 4.39 Å². The van der Waals surface area contributed by atoms with E-state index in [1.807, 2.05) is 6.07 Å². The minimum atomic E-state index is -0.261. The van der Waals surface area contributed by atoms with Crippen LogP contribution in [0.5, 0.6) is 0 Å². The van der Waals surface area contributed by atoms with Crippen LogP contribution in [0.1, 0.15) is 44.5 Å². The molecule has 0 saturated heterocycles. The lowest BCUT2D eigenvalue weighted by Gasteiger charge is -2.21. The summed E-state index contributed by atoms with van der Waals surface area (Å²) in [4.78, 5) is 4.32. The van der Waals surface area contributed by atoms with Gasteiger partial charge in [0, 0.05) is 18.9 Å². The summed E-state index contributed by atoms with van der Waals surface area (Å²) in [6, 6.07) is 6.39. The molecule has 1 heterocycles. The Balaban J connectivity index is 1.95. The molecular formula is C16H22FN3O. The first-order chi connectivity index (χ1) is 9.82. The smallest absolute Gasteiger partial charge is 0.228 e. The molecule has 0 amide bonds. The van der Waals surface area contributed by atoms with Crippen LogP contribution in [0.25, 0.3) is 0 Å². The van der Waals surface area contributed by atoms with Crippen LogP contribution in [0.2, 0.25) is 0 Å². The van der Waals surface area contributed by atoms with Crippen molar-refractivity contribution >= 4 is 0 Å². The van der Waals surface area contributed by atoms with Gasteiger partial charge >= 0.3 is 0 Å². The predicted octanol–water partition coefficient (Wildman–Crippen LogP) is 3.11. The van der Waals surface area contributed by atoms with Gasteiger partial charge in [-0.3, -0.25) is 0 Å². The van der Waals surface area contributed by atoms with E-state index in [1.54, 1.807) is 6.07 Å². The van der Waals surface area contributed by atoms with Gasteiger partial charge in [0.15, 0.2) is 5.82 Å². The Morgan fingerprint density at radius 1 is 1.33 bits per heavy atom. The third-order valence-corrected chi connectivity index (χ3v) is 3.07. The minimum Gasteiger partial charge on any atom is -0.339 e. The zero-order chi connectivity index (χ0) is 15.5. The average molecular weight is 291 g/mol.